The summed E-state index contributed by atoms with van der Waals surface area (Å²) in [5, 5.41) is 3.79. The number of urea groups is 1. The first-order chi connectivity index (χ1) is 9.95. The summed E-state index contributed by atoms with van der Waals surface area (Å²) in [5.74, 6) is -0.442. The normalized spacial score (nSPS) is 11.9. The molecular weight excluding hydrogens is 325 g/mol. The van der Waals surface area contributed by atoms with Crippen molar-refractivity contribution < 1.29 is 18.0 Å². The number of carbonyl (C=O) groups excluding carboxylic acids is 1. The zero-order chi connectivity index (χ0) is 17.2. The minimum absolute atomic E-state index is 0.248. The van der Waals surface area contributed by atoms with Gasteiger partial charge in [0.2, 0.25) is 0 Å². The third kappa shape index (κ3) is 4.12. The fraction of sp³-hybridized carbons (Fsp3) is 0.583. The van der Waals surface area contributed by atoms with Gasteiger partial charge in [-0.2, -0.15) is 18.2 Å². The second kappa shape index (κ2) is 6.55. The van der Waals surface area contributed by atoms with Crippen LogP contribution in [0, 0.1) is 0 Å². The summed E-state index contributed by atoms with van der Waals surface area (Å²) in [6.07, 6.45) is -4.91. The molecule has 0 aliphatic carbocycles. The van der Waals surface area contributed by atoms with Crippen molar-refractivity contribution in [3.8, 4) is 0 Å². The average molecular weight is 341 g/mol. The molecule has 22 heavy (non-hydrogen) atoms. The van der Waals surface area contributed by atoms with E-state index in [4.69, 9.17) is 11.6 Å². The molecule has 0 bridgehead atoms. The molecule has 124 valence electrons. The van der Waals surface area contributed by atoms with Gasteiger partial charge in [0.15, 0.2) is 5.69 Å². The molecule has 0 fully saturated rings. The van der Waals surface area contributed by atoms with Crippen molar-refractivity contribution in [1.82, 2.24) is 14.9 Å². The number of aromatic nitrogens is 2. The zero-order valence-electron chi connectivity index (χ0n) is 12.4. The van der Waals surface area contributed by atoms with Gasteiger partial charge in [-0.1, -0.05) is 11.6 Å². The van der Waals surface area contributed by atoms with Crippen molar-refractivity contribution in [1.29, 1.82) is 0 Å². The summed E-state index contributed by atoms with van der Waals surface area (Å²) >= 11 is 5.71. The number of anilines is 1. The Morgan fingerprint density at radius 3 is 2.23 bits per heavy atom. The van der Waals surface area contributed by atoms with Crippen LogP contribution in [0.2, 0.25) is 5.02 Å². The van der Waals surface area contributed by atoms with Crippen LogP contribution in [0.15, 0.2) is 4.79 Å². The molecule has 1 rings (SSSR count). The van der Waals surface area contributed by atoms with Crippen LogP contribution < -0.4 is 16.3 Å². The number of amides is 2. The Labute approximate surface area is 129 Å². The van der Waals surface area contributed by atoms with E-state index in [0.717, 1.165) is 4.57 Å². The number of rotatable bonds is 3. The molecule has 10 heteroatoms. The minimum Gasteiger partial charge on any atom is -0.336 e. The van der Waals surface area contributed by atoms with E-state index in [1.807, 2.05) is 0 Å². The van der Waals surface area contributed by atoms with E-state index < -0.39 is 40.5 Å². The van der Waals surface area contributed by atoms with Gasteiger partial charge in [0, 0.05) is 12.1 Å². The Bertz CT molecular complexity index is 626. The minimum atomic E-state index is -4.91. The zero-order valence-corrected chi connectivity index (χ0v) is 13.1. The van der Waals surface area contributed by atoms with Gasteiger partial charge in [-0.25, -0.2) is 9.59 Å². The van der Waals surface area contributed by atoms with Gasteiger partial charge in [0.1, 0.15) is 10.8 Å². The number of nitrogens with one attached hydrogen (secondary N) is 2. The molecule has 0 saturated heterocycles. The van der Waals surface area contributed by atoms with E-state index >= 15 is 0 Å². The lowest BCUT2D eigenvalue weighted by Gasteiger charge is -2.20. The molecule has 0 aliphatic rings. The summed E-state index contributed by atoms with van der Waals surface area (Å²) in [6.45, 7) is 6.45. The van der Waals surface area contributed by atoms with Gasteiger partial charge in [0.25, 0.3) is 0 Å². The third-order valence-corrected chi connectivity index (χ3v) is 2.86. The van der Waals surface area contributed by atoms with Gasteiger partial charge >= 0.3 is 17.9 Å². The maximum atomic E-state index is 12.9. The topological polar surface area (TPSA) is 76.0 Å². The van der Waals surface area contributed by atoms with Gasteiger partial charge in [-0.05, 0) is 27.7 Å². The Kier molecular flexibility index (Phi) is 5.44. The Balaban J connectivity index is 3.47. The van der Waals surface area contributed by atoms with Crippen LogP contribution in [-0.2, 0) is 6.18 Å². The van der Waals surface area contributed by atoms with Crippen LogP contribution in [0.4, 0.5) is 23.8 Å². The smallest absolute Gasteiger partial charge is 0.336 e. The number of hydrogen-bond donors (Lipinski definition) is 2. The second-order valence-corrected chi connectivity index (χ2v) is 5.50. The fourth-order valence-corrected chi connectivity index (χ4v) is 1.99. The number of nitrogens with zero attached hydrogens (tertiary/aromatic N) is 2. The number of alkyl halides is 3. The van der Waals surface area contributed by atoms with Crippen LogP contribution in [-0.4, -0.2) is 21.6 Å². The molecule has 1 aromatic rings. The van der Waals surface area contributed by atoms with Gasteiger partial charge in [-0.15, -0.1) is 0 Å². The highest BCUT2D eigenvalue weighted by atomic mass is 35.5. The highest BCUT2D eigenvalue weighted by molar-refractivity contribution is 6.34. The van der Waals surface area contributed by atoms with Crippen molar-refractivity contribution in [3.05, 3.63) is 21.2 Å². The summed E-state index contributed by atoms with van der Waals surface area (Å²) in [4.78, 5) is 26.5. The molecule has 0 radical (unpaired) electrons. The van der Waals surface area contributed by atoms with E-state index in [9.17, 15) is 22.8 Å². The summed E-state index contributed by atoms with van der Waals surface area (Å²) in [5.41, 5.74) is -2.68. The molecule has 1 aromatic heterocycles. The molecule has 0 saturated carbocycles. The van der Waals surface area contributed by atoms with Crippen LogP contribution in [0.3, 0.4) is 0 Å². The maximum Gasteiger partial charge on any atom is 0.435 e. The number of hydrogen-bond acceptors (Lipinski definition) is 3. The van der Waals surface area contributed by atoms with Crippen molar-refractivity contribution in [2.75, 3.05) is 5.32 Å². The largest absolute Gasteiger partial charge is 0.435 e. The molecule has 0 spiro atoms. The maximum absolute atomic E-state index is 12.9. The quantitative estimate of drug-likeness (QED) is 0.888. The summed E-state index contributed by atoms with van der Waals surface area (Å²) in [6, 6.07) is -1.57. The molecule has 0 aromatic carbocycles. The first-order valence-electron chi connectivity index (χ1n) is 6.41. The average Bonchev–Trinajstić information content (AvgIpc) is 2.30. The monoisotopic (exact) mass is 340 g/mol. The highest BCUT2D eigenvalue weighted by Gasteiger charge is 2.38. The molecule has 2 N–H and O–H groups in total. The molecule has 6 nitrogen and oxygen atoms in total. The van der Waals surface area contributed by atoms with E-state index in [-0.39, 0.29) is 6.04 Å². The molecule has 0 unspecified atom stereocenters. The summed E-state index contributed by atoms with van der Waals surface area (Å²) in [7, 11) is 0. The molecule has 0 aliphatic heterocycles. The standard InChI is InChI=1S/C12H16ClF3N4O2/c1-5(2)17-10(21)19-9-7(13)8(12(14,15)16)18-11(22)20(9)6(3)4/h5-6H,1-4H3,(H2,17,19,21). The molecule has 1 heterocycles. The van der Waals surface area contributed by atoms with Crippen molar-refractivity contribution >= 4 is 23.4 Å². The Morgan fingerprint density at radius 2 is 1.82 bits per heavy atom. The van der Waals surface area contributed by atoms with Crippen LogP contribution >= 0.6 is 11.6 Å². The Morgan fingerprint density at radius 1 is 1.27 bits per heavy atom. The molecular formula is C12H16ClF3N4O2. The van der Waals surface area contributed by atoms with Crippen LogP contribution in [0.1, 0.15) is 39.4 Å². The van der Waals surface area contributed by atoms with E-state index in [2.05, 4.69) is 15.6 Å². The van der Waals surface area contributed by atoms with E-state index in [0.29, 0.717) is 0 Å². The fourth-order valence-electron chi connectivity index (χ4n) is 1.70. The third-order valence-electron chi connectivity index (χ3n) is 2.51. The van der Waals surface area contributed by atoms with Crippen molar-refractivity contribution in [3.63, 3.8) is 0 Å². The van der Waals surface area contributed by atoms with Crippen molar-refractivity contribution in [2.45, 2.75) is 46.0 Å². The number of halogens is 4. The lowest BCUT2D eigenvalue weighted by Crippen LogP contribution is -2.38. The summed E-state index contributed by atoms with van der Waals surface area (Å²) < 4.78 is 39.5. The molecule has 0 atom stereocenters. The lowest BCUT2D eigenvalue weighted by molar-refractivity contribution is -0.141. The Hall–Kier alpha value is -1.77. The predicted octanol–water partition coefficient (Wildman–Crippen LogP) is 3.03. The molecule has 2 amide bonds. The first kappa shape index (κ1) is 18.3. The van der Waals surface area contributed by atoms with Gasteiger partial charge in [0.05, 0.1) is 0 Å². The van der Waals surface area contributed by atoms with Gasteiger partial charge in [-0.3, -0.25) is 9.88 Å². The first-order valence-corrected chi connectivity index (χ1v) is 6.79. The van der Waals surface area contributed by atoms with Crippen LogP contribution in [0.25, 0.3) is 0 Å². The van der Waals surface area contributed by atoms with E-state index in [1.165, 1.54) is 0 Å². The SMILES string of the molecule is CC(C)NC(=O)Nc1c(Cl)c(C(F)(F)F)nc(=O)n1C(C)C. The highest BCUT2D eigenvalue weighted by Crippen LogP contribution is 2.36. The lowest BCUT2D eigenvalue weighted by atomic mass is 10.3. The van der Waals surface area contributed by atoms with Crippen LogP contribution in [0.5, 0.6) is 0 Å². The second-order valence-electron chi connectivity index (χ2n) is 5.12. The predicted molar refractivity (Wildman–Crippen MR) is 76.2 cm³/mol. The van der Waals surface area contributed by atoms with Gasteiger partial charge < -0.3 is 5.32 Å². The number of carbonyl (C=O) groups is 1. The van der Waals surface area contributed by atoms with E-state index in [1.54, 1.807) is 27.7 Å². The van der Waals surface area contributed by atoms with Crippen molar-refractivity contribution in [2.24, 2.45) is 0 Å².